The quantitative estimate of drug-likeness (QED) is 0.215. The average molecular weight is 429 g/mol. The molecule has 0 radical (unpaired) electrons. The van der Waals surface area contributed by atoms with Gasteiger partial charge < -0.3 is 26.8 Å². The van der Waals surface area contributed by atoms with Gasteiger partial charge in [-0.1, -0.05) is 30.3 Å². The van der Waals surface area contributed by atoms with Gasteiger partial charge >= 0.3 is 5.97 Å². The summed E-state index contributed by atoms with van der Waals surface area (Å²) in [5.41, 5.74) is 6.10. The number of hydrogen-bond donors (Lipinski definition) is 7. The van der Waals surface area contributed by atoms with E-state index < -0.39 is 41.8 Å². The van der Waals surface area contributed by atoms with Crippen LogP contribution in [0.25, 0.3) is 0 Å². The Morgan fingerprint density at radius 1 is 0.893 bits per heavy atom. The van der Waals surface area contributed by atoms with Gasteiger partial charge in [0.2, 0.25) is 17.7 Å². The molecule has 28 heavy (non-hydrogen) atoms. The Morgan fingerprint density at radius 3 is 1.93 bits per heavy atom. The van der Waals surface area contributed by atoms with Crippen LogP contribution < -0.4 is 21.7 Å². The fourth-order valence-electron chi connectivity index (χ4n) is 2.24. The molecule has 1 aromatic carbocycles. The summed E-state index contributed by atoms with van der Waals surface area (Å²) in [6.07, 6.45) is 0.188. The average Bonchev–Trinajstić information content (AvgIpc) is 2.69. The van der Waals surface area contributed by atoms with E-state index in [1.54, 1.807) is 24.3 Å². The Morgan fingerprint density at radius 2 is 1.43 bits per heavy atom. The van der Waals surface area contributed by atoms with Crippen LogP contribution in [0.5, 0.6) is 0 Å². The van der Waals surface area contributed by atoms with E-state index in [1.165, 1.54) is 0 Å². The van der Waals surface area contributed by atoms with Gasteiger partial charge in [0.25, 0.3) is 0 Å². The fraction of sp³-hybridized carbons (Fsp3) is 0.412. The number of carbonyl (C=O) groups excluding carboxylic acids is 3. The minimum atomic E-state index is -1.25. The molecule has 3 atom stereocenters. The van der Waals surface area contributed by atoms with Gasteiger partial charge in [0.1, 0.15) is 18.1 Å². The molecule has 1 rings (SSSR count). The number of thiol groups is 2. The van der Waals surface area contributed by atoms with Gasteiger partial charge in [-0.25, -0.2) is 4.79 Å². The third kappa shape index (κ3) is 7.79. The Labute approximate surface area is 173 Å². The number of hydrogen-bond acceptors (Lipinski definition) is 7. The van der Waals surface area contributed by atoms with Gasteiger partial charge in [-0.05, 0) is 5.56 Å². The Bertz CT molecular complexity index is 689. The predicted molar refractivity (Wildman–Crippen MR) is 110 cm³/mol. The second kappa shape index (κ2) is 12.3. The summed E-state index contributed by atoms with van der Waals surface area (Å²) in [5, 5.41) is 16.3. The van der Waals surface area contributed by atoms with E-state index in [0.29, 0.717) is 0 Å². The first-order chi connectivity index (χ1) is 13.3. The molecule has 9 nitrogen and oxygen atoms in total. The lowest BCUT2D eigenvalue weighted by molar-refractivity contribution is -0.141. The monoisotopic (exact) mass is 428 g/mol. The second-order valence-electron chi connectivity index (χ2n) is 5.84. The zero-order valence-electron chi connectivity index (χ0n) is 15.0. The molecule has 154 valence electrons. The van der Waals surface area contributed by atoms with E-state index in [4.69, 9.17) is 10.8 Å². The van der Waals surface area contributed by atoms with E-state index in [1.807, 2.05) is 6.07 Å². The first kappa shape index (κ1) is 23.8. The molecule has 0 aliphatic heterocycles. The Balaban J connectivity index is 2.86. The number of carbonyl (C=O) groups is 4. The first-order valence-corrected chi connectivity index (χ1v) is 9.67. The van der Waals surface area contributed by atoms with Crippen molar-refractivity contribution in [1.82, 2.24) is 16.0 Å². The summed E-state index contributed by atoms with van der Waals surface area (Å²) in [4.78, 5) is 47.6. The summed E-state index contributed by atoms with van der Waals surface area (Å²) < 4.78 is 0. The van der Waals surface area contributed by atoms with Crippen molar-refractivity contribution in [2.45, 2.75) is 24.5 Å². The van der Waals surface area contributed by atoms with Gasteiger partial charge in [0.05, 0.1) is 6.54 Å². The standard InChI is InChI=1S/C17H24N4O5S2/c18-7-14(22)19-11(6-10-4-2-1-3-5-10)15(23)20-12(8-27)16(24)21-13(9-28)17(25)26/h1-5,11-13,27-28H,6-9,18H2,(H,19,22)(H,20,23)(H,21,24)(H,25,26). The van der Waals surface area contributed by atoms with Gasteiger partial charge in [-0.2, -0.15) is 25.3 Å². The molecule has 0 saturated carbocycles. The van der Waals surface area contributed by atoms with E-state index in [9.17, 15) is 19.2 Å². The highest BCUT2D eigenvalue weighted by Gasteiger charge is 2.28. The molecule has 3 unspecified atom stereocenters. The Kier molecular flexibility index (Phi) is 10.4. The summed E-state index contributed by atoms with van der Waals surface area (Å²) in [7, 11) is 0. The SMILES string of the molecule is NCC(=O)NC(Cc1ccccc1)C(=O)NC(CS)C(=O)NC(CS)C(=O)O. The molecule has 0 aromatic heterocycles. The molecule has 0 spiro atoms. The lowest BCUT2D eigenvalue weighted by atomic mass is 10.0. The van der Waals surface area contributed by atoms with Crippen molar-refractivity contribution < 1.29 is 24.3 Å². The predicted octanol–water partition coefficient (Wildman–Crippen LogP) is -1.41. The molecule has 0 saturated heterocycles. The molecule has 0 fully saturated rings. The third-order valence-corrected chi connectivity index (χ3v) is 4.46. The lowest BCUT2D eigenvalue weighted by Crippen LogP contribution is -2.57. The molecule has 11 heteroatoms. The highest BCUT2D eigenvalue weighted by molar-refractivity contribution is 7.80. The van der Waals surface area contributed by atoms with Crippen LogP contribution in [0, 0.1) is 0 Å². The normalized spacial score (nSPS) is 13.7. The number of nitrogens with one attached hydrogen (secondary N) is 3. The van der Waals surface area contributed by atoms with Gasteiger partial charge in [0.15, 0.2) is 0 Å². The van der Waals surface area contributed by atoms with Crippen LogP contribution in [0.4, 0.5) is 0 Å². The lowest BCUT2D eigenvalue weighted by Gasteiger charge is -2.23. The zero-order chi connectivity index (χ0) is 21.1. The molecule has 1 aromatic rings. The van der Waals surface area contributed by atoms with Crippen molar-refractivity contribution >= 4 is 48.9 Å². The molecule has 0 aliphatic rings. The molecular formula is C17H24N4O5S2. The van der Waals surface area contributed by atoms with Crippen molar-refractivity contribution in [2.75, 3.05) is 18.1 Å². The molecule has 0 heterocycles. The summed E-state index contributed by atoms with van der Waals surface area (Å²) in [6.45, 7) is -0.294. The molecule has 0 aliphatic carbocycles. The summed E-state index contributed by atoms with van der Waals surface area (Å²) in [6, 6.07) is 5.74. The number of aliphatic carboxylic acids is 1. The highest BCUT2D eigenvalue weighted by atomic mass is 32.1. The maximum Gasteiger partial charge on any atom is 0.327 e. The van der Waals surface area contributed by atoms with Crippen LogP contribution in [0.1, 0.15) is 5.56 Å². The number of amides is 3. The van der Waals surface area contributed by atoms with Crippen molar-refractivity contribution in [1.29, 1.82) is 0 Å². The van der Waals surface area contributed by atoms with Crippen LogP contribution in [-0.4, -0.2) is 65.0 Å². The van der Waals surface area contributed by atoms with Crippen molar-refractivity contribution in [3.05, 3.63) is 35.9 Å². The number of benzene rings is 1. The zero-order valence-corrected chi connectivity index (χ0v) is 16.8. The van der Waals surface area contributed by atoms with E-state index in [0.717, 1.165) is 5.56 Å². The molecule has 6 N–H and O–H groups in total. The minimum absolute atomic E-state index is 0.0701. The van der Waals surface area contributed by atoms with Crippen molar-refractivity contribution in [2.24, 2.45) is 5.73 Å². The van der Waals surface area contributed by atoms with E-state index in [2.05, 4.69) is 41.2 Å². The van der Waals surface area contributed by atoms with Crippen molar-refractivity contribution in [3.8, 4) is 0 Å². The largest absolute Gasteiger partial charge is 0.480 e. The number of carboxylic acid groups (broad SMARTS) is 1. The van der Waals surface area contributed by atoms with E-state index in [-0.39, 0.29) is 24.5 Å². The molecule has 3 amide bonds. The van der Waals surface area contributed by atoms with Crippen molar-refractivity contribution in [3.63, 3.8) is 0 Å². The Hall–Kier alpha value is -2.24. The first-order valence-electron chi connectivity index (χ1n) is 8.41. The maximum atomic E-state index is 12.6. The fourth-order valence-corrected chi connectivity index (χ4v) is 2.74. The molecular weight excluding hydrogens is 404 g/mol. The van der Waals surface area contributed by atoms with Gasteiger partial charge in [-0.15, -0.1) is 0 Å². The van der Waals surface area contributed by atoms with Crippen LogP contribution in [-0.2, 0) is 25.6 Å². The van der Waals surface area contributed by atoms with Crippen LogP contribution in [0.15, 0.2) is 30.3 Å². The van der Waals surface area contributed by atoms with E-state index >= 15 is 0 Å². The second-order valence-corrected chi connectivity index (χ2v) is 6.57. The number of nitrogens with two attached hydrogens (primary N) is 1. The smallest absolute Gasteiger partial charge is 0.327 e. The third-order valence-electron chi connectivity index (χ3n) is 3.73. The van der Waals surface area contributed by atoms with Gasteiger partial charge in [0, 0.05) is 17.9 Å². The maximum absolute atomic E-state index is 12.6. The van der Waals surface area contributed by atoms with Crippen LogP contribution >= 0.6 is 25.3 Å². The topological polar surface area (TPSA) is 151 Å². The summed E-state index contributed by atoms with van der Waals surface area (Å²) >= 11 is 7.91. The molecule has 0 bridgehead atoms. The van der Waals surface area contributed by atoms with Crippen LogP contribution in [0.3, 0.4) is 0 Å². The minimum Gasteiger partial charge on any atom is -0.480 e. The highest BCUT2D eigenvalue weighted by Crippen LogP contribution is 2.04. The number of rotatable bonds is 11. The van der Waals surface area contributed by atoms with Gasteiger partial charge in [-0.3, -0.25) is 14.4 Å². The number of carboxylic acids is 1. The summed E-state index contributed by atoms with van der Waals surface area (Å²) in [5.74, 6) is -3.28. The van der Waals surface area contributed by atoms with Crippen LogP contribution in [0.2, 0.25) is 0 Å².